The fourth-order valence-corrected chi connectivity index (χ4v) is 2.72. The Morgan fingerprint density at radius 3 is 2.39 bits per heavy atom. The Kier molecular flexibility index (Phi) is 10.6. The highest BCUT2D eigenvalue weighted by Crippen LogP contribution is 2.11. The predicted octanol–water partition coefficient (Wildman–Crippen LogP) is 3.79. The molecule has 0 saturated carbocycles. The zero-order valence-electron chi connectivity index (χ0n) is 17.1. The number of unbranched alkanes of at least 4 members (excludes halogenated alkanes) is 1. The molecule has 0 heterocycles. The van der Waals surface area contributed by atoms with Crippen molar-refractivity contribution in [3.8, 4) is 5.75 Å². The highest BCUT2D eigenvalue weighted by atomic mass is 16.5. The summed E-state index contributed by atoms with van der Waals surface area (Å²) in [6.45, 7) is 6.03. The number of ether oxygens (including phenoxy) is 2. The van der Waals surface area contributed by atoms with Gasteiger partial charge in [0.05, 0.1) is 20.3 Å². The molecule has 2 rings (SSSR count). The second kappa shape index (κ2) is 13.6. The molecule has 0 aliphatic rings. The molecule has 5 heteroatoms. The Morgan fingerprint density at radius 2 is 1.68 bits per heavy atom. The van der Waals surface area contributed by atoms with Crippen molar-refractivity contribution >= 4 is 5.96 Å². The lowest BCUT2D eigenvalue weighted by atomic mass is 10.2. The van der Waals surface area contributed by atoms with Gasteiger partial charge in [0.15, 0.2) is 5.96 Å². The third kappa shape index (κ3) is 8.91. The van der Waals surface area contributed by atoms with Gasteiger partial charge in [0.25, 0.3) is 0 Å². The smallest absolute Gasteiger partial charge is 0.191 e. The van der Waals surface area contributed by atoms with Gasteiger partial charge in [-0.2, -0.15) is 0 Å². The van der Waals surface area contributed by atoms with Crippen LogP contribution in [0.4, 0.5) is 0 Å². The van der Waals surface area contributed by atoms with Gasteiger partial charge in [0.2, 0.25) is 0 Å². The maximum Gasteiger partial charge on any atom is 0.191 e. The van der Waals surface area contributed by atoms with Crippen molar-refractivity contribution in [1.29, 1.82) is 0 Å². The monoisotopic (exact) mass is 383 g/mol. The van der Waals surface area contributed by atoms with E-state index < -0.39 is 0 Å². The van der Waals surface area contributed by atoms with Crippen molar-refractivity contribution in [3.05, 3.63) is 65.7 Å². The van der Waals surface area contributed by atoms with Crippen molar-refractivity contribution in [2.24, 2.45) is 4.99 Å². The Hall–Kier alpha value is -2.53. The molecule has 0 saturated heterocycles. The van der Waals surface area contributed by atoms with Crippen LogP contribution in [0.2, 0.25) is 0 Å². The van der Waals surface area contributed by atoms with E-state index in [0.717, 1.165) is 62.8 Å². The lowest BCUT2D eigenvalue weighted by Gasteiger charge is -2.11. The Labute approximate surface area is 169 Å². The second-order valence-corrected chi connectivity index (χ2v) is 6.53. The van der Waals surface area contributed by atoms with Crippen LogP contribution in [0.25, 0.3) is 0 Å². The van der Waals surface area contributed by atoms with Gasteiger partial charge in [-0.05, 0) is 49.4 Å². The molecule has 0 spiro atoms. The minimum absolute atomic E-state index is 0.641. The summed E-state index contributed by atoms with van der Waals surface area (Å²) in [5.41, 5.74) is 2.48. The van der Waals surface area contributed by atoms with Crippen molar-refractivity contribution < 1.29 is 9.47 Å². The lowest BCUT2D eigenvalue weighted by molar-refractivity contribution is 0.133. The van der Waals surface area contributed by atoms with E-state index in [0.29, 0.717) is 6.54 Å². The molecule has 0 bridgehead atoms. The van der Waals surface area contributed by atoms with Crippen LogP contribution in [-0.4, -0.2) is 39.4 Å². The van der Waals surface area contributed by atoms with E-state index in [2.05, 4.69) is 46.8 Å². The number of nitrogens with one attached hydrogen (secondary N) is 2. The topological polar surface area (TPSA) is 54.9 Å². The quantitative estimate of drug-likeness (QED) is 0.333. The van der Waals surface area contributed by atoms with Gasteiger partial charge in [0.1, 0.15) is 5.75 Å². The zero-order valence-corrected chi connectivity index (χ0v) is 17.1. The summed E-state index contributed by atoms with van der Waals surface area (Å²) in [6, 6.07) is 18.5. The van der Waals surface area contributed by atoms with Crippen LogP contribution < -0.4 is 15.4 Å². The van der Waals surface area contributed by atoms with E-state index in [1.165, 1.54) is 5.56 Å². The van der Waals surface area contributed by atoms with E-state index in [9.17, 15) is 0 Å². The number of aliphatic imine (C=N–C) groups is 1. The number of guanidine groups is 1. The molecule has 0 aliphatic carbocycles. The van der Waals surface area contributed by atoms with Gasteiger partial charge in [-0.3, -0.25) is 0 Å². The van der Waals surface area contributed by atoms with Gasteiger partial charge in [-0.15, -0.1) is 0 Å². The molecule has 0 unspecified atom stereocenters. The van der Waals surface area contributed by atoms with Gasteiger partial charge in [0, 0.05) is 19.7 Å². The third-order valence-electron chi connectivity index (χ3n) is 4.31. The summed E-state index contributed by atoms with van der Waals surface area (Å²) in [7, 11) is 1.68. The number of rotatable bonds is 12. The Bertz CT molecular complexity index is 672. The van der Waals surface area contributed by atoms with Crippen LogP contribution in [0.5, 0.6) is 5.75 Å². The van der Waals surface area contributed by atoms with Crippen LogP contribution in [0, 0.1) is 0 Å². The van der Waals surface area contributed by atoms with Crippen LogP contribution >= 0.6 is 0 Å². The van der Waals surface area contributed by atoms with E-state index >= 15 is 0 Å². The second-order valence-electron chi connectivity index (χ2n) is 6.53. The fourth-order valence-electron chi connectivity index (χ4n) is 2.72. The SMILES string of the molecule is CCNC(=NCc1ccc(OC)cc1)NCCCCOCCc1ccccc1. The minimum Gasteiger partial charge on any atom is -0.497 e. The van der Waals surface area contributed by atoms with Gasteiger partial charge >= 0.3 is 0 Å². The number of hydrogen-bond acceptors (Lipinski definition) is 3. The van der Waals surface area contributed by atoms with Crippen LogP contribution in [-0.2, 0) is 17.7 Å². The van der Waals surface area contributed by atoms with Gasteiger partial charge in [-0.25, -0.2) is 4.99 Å². The maximum absolute atomic E-state index is 5.73. The van der Waals surface area contributed by atoms with Gasteiger partial charge < -0.3 is 20.1 Å². The van der Waals surface area contributed by atoms with Crippen molar-refractivity contribution in [2.75, 3.05) is 33.4 Å². The normalized spacial score (nSPS) is 11.3. The number of hydrogen-bond donors (Lipinski definition) is 2. The number of benzene rings is 2. The fraction of sp³-hybridized carbons (Fsp3) is 0.435. The molecular weight excluding hydrogens is 350 g/mol. The first-order valence-corrected chi connectivity index (χ1v) is 10.1. The molecule has 2 aromatic rings. The molecule has 5 nitrogen and oxygen atoms in total. The lowest BCUT2D eigenvalue weighted by Crippen LogP contribution is -2.37. The van der Waals surface area contributed by atoms with Crippen LogP contribution in [0.1, 0.15) is 30.9 Å². The number of methoxy groups -OCH3 is 1. The minimum atomic E-state index is 0.641. The van der Waals surface area contributed by atoms with Crippen LogP contribution in [0.15, 0.2) is 59.6 Å². The van der Waals surface area contributed by atoms with E-state index in [4.69, 9.17) is 9.47 Å². The molecule has 2 N–H and O–H groups in total. The molecule has 28 heavy (non-hydrogen) atoms. The first kappa shape index (κ1) is 21.8. The highest BCUT2D eigenvalue weighted by Gasteiger charge is 1.99. The summed E-state index contributed by atoms with van der Waals surface area (Å²) in [5, 5.41) is 6.68. The molecule has 0 fully saturated rings. The summed E-state index contributed by atoms with van der Waals surface area (Å²) in [5.74, 6) is 1.71. The molecule has 0 radical (unpaired) electrons. The molecule has 0 aliphatic heterocycles. The van der Waals surface area contributed by atoms with Crippen molar-refractivity contribution in [3.63, 3.8) is 0 Å². The largest absolute Gasteiger partial charge is 0.497 e. The first-order valence-electron chi connectivity index (χ1n) is 10.1. The molecule has 0 aromatic heterocycles. The molecule has 0 amide bonds. The Morgan fingerprint density at radius 1 is 0.893 bits per heavy atom. The molecule has 152 valence electrons. The average Bonchev–Trinajstić information content (AvgIpc) is 2.75. The Balaban J connectivity index is 1.58. The first-order chi connectivity index (χ1) is 13.8. The average molecular weight is 384 g/mol. The number of nitrogens with zero attached hydrogens (tertiary/aromatic N) is 1. The summed E-state index contributed by atoms with van der Waals surface area (Å²) >= 11 is 0. The summed E-state index contributed by atoms with van der Waals surface area (Å²) < 4.78 is 10.9. The standard InChI is InChI=1S/C23H33N3O2/c1-3-24-23(26-19-21-11-13-22(27-2)14-12-21)25-16-7-8-17-28-18-15-20-9-5-4-6-10-20/h4-6,9-14H,3,7-8,15-19H2,1-2H3,(H2,24,25,26). The molecular formula is C23H33N3O2. The third-order valence-corrected chi connectivity index (χ3v) is 4.31. The molecule has 2 aromatic carbocycles. The van der Waals surface area contributed by atoms with Crippen molar-refractivity contribution in [2.45, 2.75) is 32.7 Å². The predicted molar refractivity (Wildman–Crippen MR) is 116 cm³/mol. The van der Waals surface area contributed by atoms with Crippen molar-refractivity contribution in [1.82, 2.24) is 10.6 Å². The maximum atomic E-state index is 5.73. The van der Waals surface area contributed by atoms with E-state index in [1.54, 1.807) is 7.11 Å². The van der Waals surface area contributed by atoms with Gasteiger partial charge in [-0.1, -0.05) is 42.5 Å². The molecule has 0 atom stereocenters. The summed E-state index contributed by atoms with van der Waals surface area (Å²) in [4.78, 5) is 4.64. The zero-order chi connectivity index (χ0) is 19.9. The van der Waals surface area contributed by atoms with E-state index in [-0.39, 0.29) is 0 Å². The highest BCUT2D eigenvalue weighted by molar-refractivity contribution is 5.79. The van der Waals surface area contributed by atoms with E-state index in [1.807, 2.05) is 30.3 Å². The summed E-state index contributed by atoms with van der Waals surface area (Å²) in [6.07, 6.45) is 3.07. The van der Waals surface area contributed by atoms with Crippen LogP contribution in [0.3, 0.4) is 0 Å².